The lowest BCUT2D eigenvalue weighted by Gasteiger charge is -2.37. The van der Waals surface area contributed by atoms with Crippen LogP contribution in [0.1, 0.15) is 43.7 Å². The van der Waals surface area contributed by atoms with E-state index in [0.717, 1.165) is 68.9 Å². The van der Waals surface area contributed by atoms with Gasteiger partial charge < -0.3 is 10.2 Å². The van der Waals surface area contributed by atoms with Crippen molar-refractivity contribution in [1.29, 1.82) is 0 Å². The molecule has 0 saturated carbocycles. The molecule has 0 aromatic heterocycles. The van der Waals surface area contributed by atoms with Crippen LogP contribution in [0, 0.1) is 13.8 Å². The molecule has 0 spiro atoms. The van der Waals surface area contributed by atoms with E-state index < -0.39 is 0 Å². The lowest BCUT2D eigenvalue weighted by atomic mass is 10.1. The smallest absolute Gasteiger partial charge is 0.241 e. The average molecular weight is 401 g/mol. The summed E-state index contributed by atoms with van der Waals surface area (Å²) in [6.45, 7) is 11.6. The van der Waals surface area contributed by atoms with Gasteiger partial charge in [-0.05, 0) is 50.8 Å². The summed E-state index contributed by atoms with van der Waals surface area (Å²) >= 11 is 0. The summed E-state index contributed by atoms with van der Waals surface area (Å²) in [6, 6.07) is 5.93. The predicted octanol–water partition coefficient (Wildman–Crippen LogP) is 2.65. The van der Waals surface area contributed by atoms with E-state index in [0.29, 0.717) is 6.54 Å². The van der Waals surface area contributed by atoms with E-state index in [9.17, 15) is 9.59 Å². The number of nitrogens with one attached hydrogen (secondary N) is 1. The van der Waals surface area contributed by atoms with Crippen molar-refractivity contribution in [2.75, 3.05) is 51.1 Å². The molecule has 2 heterocycles. The first-order valence-corrected chi connectivity index (χ1v) is 11.1. The SMILES string of the molecule is Cc1ccc(C)c(NC(=O)[C@H](C)N2CCN(CC(=O)N3CCCCCC3)CC2)c1. The standard InChI is InChI=1S/C23H36N4O2/c1-18-8-9-19(2)21(16-18)24-23(29)20(3)26-14-12-25(13-15-26)17-22(28)27-10-6-4-5-7-11-27/h8-9,16,20H,4-7,10-15,17H2,1-3H3,(H,24,29)/t20-/m0/s1. The number of likely N-dealkylation sites (tertiary alicyclic amines) is 1. The molecule has 0 bridgehead atoms. The maximum absolute atomic E-state index is 12.7. The van der Waals surface area contributed by atoms with E-state index in [1.165, 1.54) is 12.8 Å². The minimum absolute atomic E-state index is 0.0350. The van der Waals surface area contributed by atoms with E-state index in [4.69, 9.17) is 0 Å². The fourth-order valence-corrected chi connectivity index (χ4v) is 4.19. The Balaban J connectivity index is 1.46. The first kappa shape index (κ1) is 21.8. The van der Waals surface area contributed by atoms with Crippen LogP contribution in [-0.4, -0.2) is 78.4 Å². The Morgan fingerprint density at radius 2 is 1.62 bits per heavy atom. The van der Waals surface area contributed by atoms with Crippen LogP contribution in [-0.2, 0) is 9.59 Å². The highest BCUT2D eigenvalue weighted by Gasteiger charge is 2.27. The molecular weight excluding hydrogens is 364 g/mol. The number of amides is 2. The van der Waals surface area contributed by atoms with Crippen molar-refractivity contribution in [1.82, 2.24) is 14.7 Å². The first-order chi connectivity index (χ1) is 13.9. The molecule has 6 nitrogen and oxygen atoms in total. The van der Waals surface area contributed by atoms with Gasteiger partial charge in [0.25, 0.3) is 0 Å². The van der Waals surface area contributed by atoms with Gasteiger partial charge in [0.05, 0.1) is 12.6 Å². The normalized spacial score (nSPS) is 20.2. The van der Waals surface area contributed by atoms with Crippen LogP contribution in [0.5, 0.6) is 0 Å². The quantitative estimate of drug-likeness (QED) is 0.826. The second-order valence-corrected chi connectivity index (χ2v) is 8.59. The monoisotopic (exact) mass is 400 g/mol. The van der Waals surface area contributed by atoms with Crippen molar-refractivity contribution in [3.8, 4) is 0 Å². The molecule has 2 amide bonds. The Bertz CT molecular complexity index is 705. The van der Waals surface area contributed by atoms with Gasteiger partial charge in [0.1, 0.15) is 0 Å². The number of anilines is 1. The molecular formula is C23H36N4O2. The predicted molar refractivity (Wildman–Crippen MR) is 117 cm³/mol. The minimum Gasteiger partial charge on any atom is -0.342 e. The Morgan fingerprint density at radius 1 is 0.966 bits per heavy atom. The van der Waals surface area contributed by atoms with Gasteiger partial charge in [-0.2, -0.15) is 0 Å². The molecule has 2 aliphatic heterocycles. The van der Waals surface area contributed by atoms with Crippen molar-refractivity contribution in [3.63, 3.8) is 0 Å². The molecule has 2 saturated heterocycles. The lowest BCUT2D eigenvalue weighted by molar-refractivity contribution is -0.133. The number of carbonyl (C=O) groups excluding carboxylic acids is 2. The van der Waals surface area contributed by atoms with Crippen LogP contribution in [0.3, 0.4) is 0 Å². The van der Waals surface area contributed by atoms with Crippen LogP contribution in [0.25, 0.3) is 0 Å². The van der Waals surface area contributed by atoms with E-state index in [2.05, 4.69) is 21.2 Å². The second-order valence-electron chi connectivity index (χ2n) is 8.59. The van der Waals surface area contributed by atoms with Crippen molar-refractivity contribution < 1.29 is 9.59 Å². The first-order valence-electron chi connectivity index (χ1n) is 11.1. The van der Waals surface area contributed by atoms with Gasteiger partial charge in [0, 0.05) is 45.0 Å². The number of piperazine rings is 1. The lowest BCUT2D eigenvalue weighted by Crippen LogP contribution is -2.54. The van der Waals surface area contributed by atoms with Crippen LogP contribution < -0.4 is 5.32 Å². The summed E-state index contributed by atoms with van der Waals surface area (Å²) in [7, 11) is 0. The second kappa shape index (κ2) is 10.2. The number of nitrogens with zero attached hydrogens (tertiary/aromatic N) is 3. The maximum Gasteiger partial charge on any atom is 0.241 e. The molecule has 1 N–H and O–H groups in total. The highest BCUT2D eigenvalue weighted by Crippen LogP contribution is 2.18. The van der Waals surface area contributed by atoms with Crippen molar-refractivity contribution >= 4 is 17.5 Å². The number of aryl methyl sites for hydroxylation is 2. The molecule has 1 atom stereocenters. The topological polar surface area (TPSA) is 55.9 Å². The Hall–Kier alpha value is -1.92. The number of rotatable bonds is 5. The molecule has 6 heteroatoms. The molecule has 0 aliphatic carbocycles. The fourth-order valence-electron chi connectivity index (χ4n) is 4.19. The summed E-state index contributed by atoms with van der Waals surface area (Å²) < 4.78 is 0. The molecule has 0 unspecified atom stereocenters. The van der Waals surface area contributed by atoms with Crippen molar-refractivity contribution in [2.45, 2.75) is 52.5 Å². The zero-order chi connectivity index (χ0) is 20.8. The molecule has 3 rings (SSSR count). The summed E-state index contributed by atoms with van der Waals surface area (Å²) in [4.78, 5) is 31.9. The van der Waals surface area contributed by atoms with Crippen molar-refractivity contribution in [2.24, 2.45) is 0 Å². The minimum atomic E-state index is -0.182. The largest absolute Gasteiger partial charge is 0.342 e. The van der Waals surface area contributed by atoms with Gasteiger partial charge in [0.2, 0.25) is 11.8 Å². The Labute approximate surface area is 175 Å². The molecule has 29 heavy (non-hydrogen) atoms. The zero-order valence-electron chi connectivity index (χ0n) is 18.2. The van der Waals surface area contributed by atoms with E-state index in [1.54, 1.807) is 0 Å². The number of hydrogen-bond donors (Lipinski definition) is 1. The van der Waals surface area contributed by atoms with Gasteiger partial charge >= 0.3 is 0 Å². The zero-order valence-corrected chi connectivity index (χ0v) is 18.2. The fraction of sp³-hybridized carbons (Fsp3) is 0.652. The van der Waals surface area contributed by atoms with Gasteiger partial charge in [-0.25, -0.2) is 0 Å². The summed E-state index contributed by atoms with van der Waals surface area (Å²) in [6.07, 6.45) is 4.74. The average Bonchev–Trinajstić information content (AvgIpc) is 3.00. The van der Waals surface area contributed by atoms with Crippen molar-refractivity contribution in [3.05, 3.63) is 29.3 Å². The summed E-state index contributed by atoms with van der Waals surface area (Å²) in [5.41, 5.74) is 3.11. The molecule has 1 aromatic carbocycles. The number of benzene rings is 1. The van der Waals surface area contributed by atoms with Gasteiger partial charge in [-0.15, -0.1) is 0 Å². The third-order valence-corrected chi connectivity index (χ3v) is 6.30. The summed E-state index contributed by atoms with van der Waals surface area (Å²) in [5, 5.41) is 3.09. The maximum atomic E-state index is 12.7. The van der Waals surface area contributed by atoms with Gasteiger partial charge in [0.15, 0.2) is 0 Å². The summed E-state index contributed by atoms with van der Waals surface area (Å²) in [5.74, 6) is 0.300. The highest BCUT2D eigenvalue weighted by molar-refractivity contribution is 5.95. The number of carbonyl (C=O) groups is 2. The van der Waals surface area contributed by atoms with E-state index in [-0.39, 0.29) is 17.9 Å². The van der Waals surface area contributed by atoms with Crippen LogP contribution >= 0.6 is 0 Å². The molecule has 2 fully saturated rings. The van der Waals surface area contributed by atoms with Crippen LogP contribution in [0.2, 0.25) is 0 Å². The van der Waals surface area contributed by atoms with Gasteiger partial charge in [-0.1, -0.05) is 25.0 Å². The van der Waals surface area contributed by atoms with Crippen LogP contribution in [0.4, 0.5) is 5.69 Å². The third kappa shape index (κ3) is 6.03. The van der Waals surface area contributed by atoms with Gasteiger partial charge in [-0.3, -0.25) is 19.4 Å². The molecule has 160 valence electrons. The third-order valence-electron chi connectivity index (χ3n) is 6.30. The molecule has 0 radical (unpaired) electrons. The number of hydrogen-bond acceptors (Lipinski definition) is 4. The Morgan fingerprint density at radius 3 is 2.28 bits per heavy atom. The molecule has 1 aromatic rings. The van der Waals surface area contributed by atoms with Crippen LogP contribution in [0.15, 0.2) is 18.2 Å². The van der Waals surface area contributed by atoms with E-state index in [1.807, 2.05) is 37.8 Å². The Kier molecular flexibility index (Phi) is 7.67. The molecule has 2 aliphatic rings. The van der Waals surface area contributed by atoms with E-state index >= 15 is 0 Å². The highest BCUT2D eigenvalue weighted by atomic mass is 16.2.